The Bertz CT molecular complexity index is 1230. The van der Waals surface area contributed by atoms with E-state index in [1.807, 2.05) is 30.3 Å². The number of aromatic amines is 1. The maximum absolute atomic E-state index is 12.3. The van der Waals surface area contributed by atoms with E-state index in [-0.39, 0.29) is 11.3 Å². The maximum Gasteiger partial charge on any atom is 0.573 e. The molecule has 0 saturated carbocycles. The van der Waals surface area contributed by atoms with Gasteiger partial charge in [-0.15, -0.1) is 13.2 Å². The van der Waals surface area contributed by atoms with Gasteiger partial charge in [0.15, 0.2) is 0 Å². The minimum atomic E-state index is -4.73. The van der Waals surface area contributed by atoms with Crippen LogP contribution in [-0.2, 0) is 0 Å². The summed E-state index contributed by atoms with van der Waals surface area (Å²) in [5.74, 6) is -0.726. The summed E-state index contributed by atoms with van der Waals surface area (Å²) in [5, 5.41) is 9.51. The zero-order valence-corrected chi connectivity index (χ0v) is 15.6. The van der Waals surface area contributed by atoms with Crippen LogP contribution in [0.25, 0.3) is 33.3 Å². The minimum Gasteiger partial charge on any atom is -0.478 e. The first-order chi connectivity index (χ1) is 14.2. The predicted molar refractivity (Wildman–Crippen MR) is 105 cm³/mol. The molecule has 0 atom stereocenters. The van der Waals surface area contributed by atoms with Crippen molar-refractivity contribution in [2.24, 2.45) is 0 Å². The van der Waals surface area contributed by atoms with Crippen LogP contribution >= 0.6 is 0 Å². The second kappa shape index (κ2) is 7.22. The number of ether oxygens (including phenoxy) is 1. The number of nitrogens with one attached hydrogen (secondary N) is 1. The Morgan fingerprint density at radius 1 is 0.933 bits per heavy atom. The molecule has 0 saturated heterocycles. The van der Waals surface area contributed by atoms with E-state index in [1.165, 1.54) is 24.3 Å². The molecular formula is C22H15F3N2O3. The van der Waals surface area contributed by atoms with Gasteiger partial charge in [-0.1, -0.05) is 36.4 Å². The van der Waals surface area contributed by atoms with Crippen molar-refractivity contribution in [3.05, 3.63) is 72.1 Å². The number of H-pyrrole nitrogens is 1. The minimum absolute atomic E-state index is 0.108. The van der Waals surface area contributed by atoms with Crippen LogP contribution in [-0.4, -0.2) is 27.4 Å². The molecule has 0 aliphatic heterocycles. The van der Waals surface area contributed by atoms with Crippen LogP contribution in [0.15, 0.2) is 60.7 Å². The molecule has 0 radical (unpaired) electrons. The molecule has 4 aromatic rings. The molecule has 3 aromatic carbocycles. The van der Waals surface area contributed by atoms with Gasteiger partial charge in [0.25, 0.3) is 0 Å². The molecule has 5 nitrogen and oxygen atoms in total. The van der Waals surface area contributed by atoms with Crippen molar-refractivity contribution < 1.29 is 27.8 Å². The molecule has 8 heteroatoms. The SMILES string of the molecule is Cc1nc2c(C(=O)O)cc(-c3ccc(-c4ccc(OC(F)(F)F)cc4)cc3)cc2[nH]1. The summed E-state index contributed by atoms with van der Waals surface area (Å²) in [7, 11) is 0. The first-order valence-corrected chi connectivity index (χ1v) is 8.90. The van der Waals surface area contributed by atoms with E-state index in [2.05, 4.69) is 14.7 Å². The van der Waals surface area contributed by atoms with Crippen molar-refractivity contribution in [1.29, 1.82) is 0 Å². The van der Waals surface area contributed by atoms with Gasteiger partial charge in [0.2, 0.25) is 0 Å². The lowest BCUT2D eigenvalue weighted by molar-refractivity contribution is -0.274. The number of carbonyl (C=O) groups is 1. The van der Waals surface area contributed by atoms with Gasteiger partial charge in [0.05, 0.1) is 11.1 Å². The van der Waals surface area contributed by atoms with Gasteiger partial charge in [-0.05, 0) is 53.4 Å². The average Bonchev–Trinajstić information content (AvgIpc) is 3.06. The van der Waals surface area contributed by atoms with Crippen molar-refractivity contribution in [1.82, 2.24) is 9.97 Å². The largest absolute Gasteiger partial charge is 0.573 e. The summed E-state index contributed by atoms with van der Waals surface area (Å²) in [6, 6.07) is 16.3. The van der Waals surface area contributed by atoms with Gasteiger partial charge in [0.1, 0.15) is 17.1 Å². The number of aryl methyl sites for hydroxylation is 1. The number of halogens is 3. The smallest absolute Gasteiger partial charge is 0.478 e. The lowest BCUT2D eigenvalue weighted by Crippen LogP contribution is -2.16. The van der Waals surface area contributed by atoms with Crippen LogP contribution in [0, 0.1) is 6.92 Å². The topological polar surface area (TPSA) is 75.2 Å². The fourth-order valence-electron chi connectivity index (χ4n) is 3.27. The van der Waals surface area contributed by atoms with Gasteiger partial charge in [0, 0.05) is 0 Å². The molecule has 4 rings (SSSR count). The number of carboxylic acid groups (broad SMARTS) is 1. The van der Waals surface area contributed by atoms with Gasteiger partial charge >= 0.3 is 12.3 Å². The third-order valence-corrected chi connectivity index (χ3v) is 4.57. The van der Waals surface area contributed by atoms with Crippen molar-refractivity contribution in [3.8, 4) is 28.0 Å². The number of imidazole rings is 1. The van der Waals surface area contributed by atoms with Crippen LogP contribution in [0.4, 0.5) is 13.2 Å². The quantitative estimate of drug-likeness (QED) is 0.444. The molecule has 0 aliphatic carbocycles. The van der Waals surface area contributed by atoms with Gasteiger partial charge in [-0.25, -0.2) is 9.78 Å². The van der Waals surface area contributed by atoms with E-state index in [1.54, 1.807) is 13.0 Å². The number of rotatable bonds is 4. The van der Waals surface area contributed by atoms with Crippen molar-refractivity contribution in [2.75, 3.05) is 0 Å². The lowest BCUT2D eigenvalue weighted by atomic mass is 9.98. The zero-order valence-electron chi connectivity index (χ0n) is 15.6. The number of hydrogen-bond donors (Lipinski definition) is 2. The molecule has 30 heavy (non-hydrogen) atoms. The summed E-state index contributed by atoms with van der Waals surface area (Å²) in [6.45, 7) is 1.76. The highest BCUT2D eigenvalue weighted by Crippen LogP contribution is 2.30. The molecule has 1 aromatic heterocycles. The first-order valence-electron chi connectivity index (χ1n) is 8.90. The fraction of sp³-hybridized carbons (Fsp3) is 0.0909. The van der Waals surface area contributed by atoms with Crippen molar-refractivity contribution >= 4 is 17.0 Å². The van der Waals surface area contributed by atoms with Crippen molar-refractivity contribution in [2.45, 2.75) is 13.3 Å². The summed E-state index contributed by atoms with van der Waals surface area (Å²) >= 11 is 0. The van der Waals surface area contributed by atoms with Crippen LogP contribution < -0.4 is 4.74 Å². The van der Waals surface area contributed by atoms with E-state index in [0.717, 1.165) is 16.7 Å². The van der Waals surface area contributed by atoms with Gasteiger partial charge < -0.3 is 14.8 Å². The molecule has 0 spiro atoms. The second-order valence-corrected chi connectivity index (χ2v) is 6.70. The highest BCUT2D eigenvalue weighted by atomic mass is 19.4. The Hall–Kier alpha value is -3.81. The summed E-state index contributed by atoms with van der Waals surface area (Å²) in [5.41, 5.74) is 4.18. The normalized spacial score (nSPS) is 11.6. The summed E-state index contributed by atoms with van der Waals surface area (Å²) < 4.78 is 40.7. The Kier molecular flexibility index (Phi) is 4.69. The highest BCUT2D eigenvalue weighted by molar-refractivity contribution is 6.03. The Balaban J connectivity index is 1.65. The Labute approximate surface area is 168 Å². The molecule has 1 heterocycles. The van der Waals surface area contributed by atoms with E-state index in [0.29, 0.717) is 22.4 Å². The first kappa shape index (κ1) is 19.5. The lowest BCUT2D eigenvalue weighted by Gasteiger charge is -2.10. The molecular weight excluding hydrogens is 397 g/mol. The average molecular weight is 412 g/mol. The number of aromatic nitrogens is 2. The molecule has 0 unspecified atom stereocenters. The molecule has 0 amide bonds. The number of alkyl halides is 3. The summed E-state index contributed by atoms with van der Waals surface area (Å²) in [6.07, 6.45) is -4.73. The Morgan fingerprint density at radius 2 is 1.47 bits per heavy atom. The van der Waals surface area contributed by atoms with Crippen LogP contribution in [0.1, 0.15) is 16.2 Å². The predicted octanol–water partition coefficient (Wildman–Crippen LogP) is 5.80. The molecule has 2 N–H and O–H groups in total. The second-order valence-electron chi connectivity index (χ2n) is 6.70. The number of hydrogen-bond acceptors (Lipinski definition) is 3. The summed E-state index contributed by atoms with van der Waals surface area (Å²) in [4.78, 5) is 18.9. The maximum atomic E-state index is 12.3. The van der Waals surface area contributed by atoms with E-state index >= 15 is 0 Å². The van der Waals surface area contributed by atoms with E-state index in [4.69, 9.17) is 0 Å². The number of fused-ring (bicyclic) bond motifs is 1. The van der Waals surface area contributed by atoms with E-state index in [9.17, 15) is 23.1 Å². The highest BCUT2D eigenvalue weighted by Gasteiger charge is 2.30. The standard InChI is InChI=1S/C22H15F3N2O3/c1-12-26-19-11-16(10-18(21(28)29)20(19)27-12)15-4-2-13(3-5-15)14-6-8-17(9-7-14)30-22(23,24)25/h2-11H,1H3,(H,26,27)(H,28,29). The molecule has 0 bridgehead atoms. The van der Waals surface area contributed by atoms with Crippen LogP contribution in [0.2, 0.25) is 0 Å². The fourth-order valence-corrected chi connectivity index (χ4v) is 3.27. The number of aromatic carboxylic acids is 1. The van der Waals surface area contributed by atoms with Crippen LogP contribution in [0.5, 0.6) is 5.75 Å². The van der Waals surface area contributed by atoms with Crippen LogP contribution in [0.3, 0.4) is 0 Å². The zero-order chi connectivity index (χ0) is 21.5. The van der Waals surface area contributed by atoms with Gasteiger partial charge in [-0.2, -0.15) is 0 Å². The number of carboxylic acids is 1. The van der Waals surface area contributed by atoms with Crippen molar-refractivity contribution in [3.63, 3.8) is 0 Å². The van der Waals surface area contributed by atoms with Gasteiger partial charge in [-0.3, -0.25) is 0 Å². The number of nitrogens with zero attached hydrogens (tertiary/aromatic N) is 1. The Morgan fingerprint density at radius 3 is 2.00 bits per heavy atom. The molecule has 152 valence electrons. The monoisotopic (exact) mass is 412 g/mol. The van der Waals surface area contributed by atoms with E-state index < -0.39 is 12.3 Å². The molecule has 0 aliphatic rings. The third kappa shape index (κ3) is 3.98. The third-order valence-electron chi connectivity index (χ3n) is 4.57. The number of benzene rings is 3. The molecule has 0 fully saturated rings.